The number of aryl methyl sites for hydroxylation is 1. The third kappa shape index (κ3) is 12.3. The number of alkyl halides is 3. The number of aromatic nitrogens is 3. The predicted molar refractivity (Wildman–Crippen MR) is 194 cm³/mol. The Morgan fingerprint density at radius 1 is 0.898 bits per heavy atom. The fraction of sp³-hybridized carbons (Fsp3) is 0.486. The minimum absolute atomic E-state index is 0.0352. The normalized spacial score (nSPS) is 12.5. The first-order chi connectivity index (χ1) is 22.5. The number of rotatable bonds is 10. The number of hydrogen-bond donors (Lipinski definition) is 5. The van der Waals surface area contributed by atoms with Crippen molar-refractivity contribution >= 4 is 17.0 Å². The van der Waals surface area contributed by atoms with E-state index < -0.39 is 11.7 Å². The lowest BCUT2D eigenvalue weighted by Crippen LogP contribution is -2.32. The van der Waals surface area contributed by atoms with Gasteiger partial charge in [-0.1, -0.05) is 59.7 Å². The second-order valence-corrected chi connectivity index (χ2v) is 15.3. The Morgan fingerprint density at radius 2 is 1.53 bits per heavy atom. The fourth-order valence-electron chi connectivity index (χ4n) is 4.90. The molecule has 0 spiro atoms. The zero-order valence-electron chi connectivity index (χ0n) is 30.1. The molecular weight excluding hydrogens is 629 g/mol. The highest BCUT2D eigenvalue weighted by Gasteiger charge is 2.32. The number of nitrogens with one attached hydrogen (secondary N) is 2. The van der Waals surface area contributed by atoms with Gasteiger partial charge in [0.05, 0.1) is 11.3 Å². The van der Waals surface area contributed by atoms with Crippen molar-refractivity contribution in [3.63, 3.8) is 0 Å². The number of halogens is 3. The van der Waals surface area contributed by atoms with Crippen LogP contribution in [0.5, 0.6) is 0 Å². The number of nitrogens with two attached hydrogens (primary N) is 3. The van der Waals surface area contributed by atoms with Gasteiger partial charge in [0.2, 0.25) is 0 Å². The molecule has 0 saturated heterocycles. The molecule has 9 nitrogen and oxygen atoms in total. The van der Waals surface area contributed by atoms with E-state index in [0.29, 0.717) is 36.2 Å². The van der Waals surface area contributed by atoms with Crippen LogP contribution in [0.25, 0.3) is 16.7 Å². The SMILES string of the molecule is CC(C)(C)c1cc2cn(-c3ccc(CNCCCN=C(N)N)cc3)c(=O)nc2[nH]1.CC(C)(N)CCc1cc(C(C)(C)C)cc(C(F)(F)F)c1. The fourth-order valence-corrected chi connectivity index (χ4v) is 4.90. The molecule has 2 aromatic heterocycles. The molecule has 0 fully saturated rings. The molecule has 0 aliphatic heterocycles. The average molecular weight is 683 g/mol. The molecule has 0 radical (unpaired) electrons. The average Bonchev–Trinajstić information content (AvgIpc) is 3.40. The van der Waals surface area contributed by atoms with Crippen molar-refractivity contribution in [2.45, 2.75) is 104 Å². The number of aromatic amines is 1. The summed E-state index contributed by atoms with van der Waals surface area (Å²) in [5.41, 5.74) is 19.9. The molecule has 0 unspecified atom stereocenters. The Morgan fingerprint density at radius 3 is 2.08 bits per heavy atom. The molecule has 8 N–H and O–H groups in total. The molecule has 49 heavy (non-hydrogen) atoms. The van der Waals surface area contributed by atoms with Crippen LogP contribution in [0.15, 0.2) is 64.5 Å². The number of guanidine groups is 1. The molecule has 0 amide bonds. The number of fused-ring (bicyclic) bond motifs is 1. The molecule has 0 bridgehead atoms. The predicted octanol–water partition coefficient (Wildman–Crippen LogP) is 6.44. The van der Waals surface area contributed by atoms with Crippen LogP contribution in [0.4, 0.5) is 13.2 Å². The van der Waals surface area contributed by atoms with Crippen molar-refractivity contribution in [3.8, 4) is 5.69 Å². The van der Waals surface area contributed by atoms with Crippen LogP contribution in [-0.4, -0.2) is 39.1 Å². The van der Waals surface area contributed by atoms with Gasteiger partial charge in [-0.25, -0.2) is 4.79 Å². The molecule has 268 valence electrons. The lowest BCUT2D eigenvalue weighted by atomic mass is 9.84. The Labute approximate surface area is 287 Å². The van der Waals surface area contributed by atoms with Gasteiger partial charge >= 0.3 is 11.9 Å². The lowest BCUT2D eigenvalue weighted by molar-refractivity contribution is -0.137. The van der Waals surface area contributed by atoms with Gasteiger partial charge in [0.15, 0.2) is 5.96 Å². The van der Waals surface area contributed by atoms with Crippen molar-refractivity contribution < 1.29 is 13.2 Å². The third-order valence-corrected chi connectivity index (χ3v) is 7.91. The molecule has 0 atom stereocenters. The Balaban J connectivity index is 0.000000286. The van der Waals surface area contributed by atoms with Gasteiger partial charge < -0.3 is 27.5 Å². The highest BCUT2D eigenvalue weighted by atomic mass is 19.4. The van der Waals surface area contributed by atoms with Crippen molar-refractivity contribution in [1.29, 1.82) is 0 Å². The van der Waals surface area contributed by atoms with Gasteiger partial charge in [0, 0.05) is 41.3 Å². The summed E-state index contributed by atoms with van der Waals surface area (Å²) in [6.45, 7) is 18.0. The van der Waals surface area contributed by atoms with E-state index in [4.69, 9.17) is 17.2 Å². The summed E-state index contributed by atoms with van der Waals surface area (Å²) in [6.07, 6.45) is -0.403. The number of H-pyrrole nitrogens is 1. The first-order valence-electron chi connectivity index (χ1n) is 16.5. The van der Waals surface area contributed by atoms with Crippen LogP contribution in [0, 0.1) is 0 Å². The molecule has 2 heterocycles. The maximum atomic E-state index is 13.0. The highest BCUT2D eigenvalue weighted by molar-refractivity contribution is 5.76. The van der Waals surface area contributed by atoms with E-state index in [2.05, 4.69) is 47.1 Å². The first kappa shape index (κ1) is 39.3. The number of benzene rings is 2. The number of hydrogen-bond acceptors (Lipinski definition) is 5. The zero-order chi connectivity index (χ0) is 36.8. The number of aliphatic imine (C=N–C) groups is 1. The molecule has 12 heteroatoms. The second-order valence-electron chi connectivity index (χ2n) is 15.3. The Hall–Kier alpha value is -4.16. The summed E-state index contributed by atoms with van der Waals surface area (Å²) in [4.78, 5) is 23.9. The summed E-state index contributed by atoms with van der Waals surface area (Å²) in [5, 5.41) is 4.27. The van der Waals surface area contributed by atoms with Crippen molar-refractivity contribution in [2.75, 3.05) is 13.1 Å². The second kappa shape index (κ2) is 15.6. The minimum Gasteiger partial charge on any atom is -0.370 e. The minimum atomic E-state index is -4.31. The van der Waals surface area contributed by atoms with Crippen LogP contribution < -0.4 is 28.2 Å². The highest BCUT2D eigenvalue weighted by Crippen LogP contribution is 2.34. The number of nitrogens with zero attached hydrogens (tertiary/aromatic N) is 3. The van der Waals surface area contributed by atoms with E-state index in [1.54, 1.807) is 4.57 Å². The van der Waals surface area contributed by atoms with Crippen LogP contribution in [0.3, 0.4) is 0 Å². The molecule has 0 saturated carbocycles. The Bertz CT molecular complexity index is 1730. The first-order valence-corrected chi connectivity index (χ1v) is 16.5. The molecule has 2 aromatic carbocycles. The van der Waals surface area contributed by atoms with Crippen molar-refractivity contribution in [2.24, 2.45) is 22.2 Å². The summed E-state index contributed by atoms with van der Waals surface area (Å²) in [5.74, 6) is 0.123. The maximum absolute atomic E-state index is 13.0. The molecule has 0 aliphatic carbocycles. The standard InChI is InChI=1S/C21H29N7O.C16H24F3N/c1-21(2,3)17-11-15-13-28(20(29)27-18(15)26-17)16-7-5-14(6-8-16)12-24-9-4-10-25-19(22)23;1-14(2,3)12-8-11(6-7-15(4,5)20)9-13(10-12)16(17,18)19/h5-8,11,13,24H,4,9-10,12H2,1-3H3,(H4,22,23,25)(H,26,27,29);8-10H,6-7,20H2,1-5H3. The van der Waals surface area contributed by atoms with Gasteiger partial charge in [-0.05, 0) is 92.1 Å². The summed E-state index contributed by atoms with van der Waals surface area (Å²) in [6, 6.07) is 14.3. The summed E-state index contributed by atoms with van der Waals surface area (Å²) < 4.78 is 40.5. The molecular formula is C37H53F3N8O. The van der Waals surface area contributed by atoms with E-state index in [1.165, 1.54) is 12.1 Å². The van der Waals surface area contributed by atoms with E-state index in [1.807, 2.05) is 71.1 Å². The van der Waals surface area contributed by atoms with Crippen LogP contribution >= 0.6 is 0 Å². The largest absolute Gasteiger partial charge is 0.416 e. The quantitative estimate of drug-likeness (QED) is 0.0738. The van der Waals surface area contributed by atoms with Gasteiger partial charge in [0.25, 0.3) is 0 Å². The van der Waals surface area contributed by atoms with Crippen LogP contribution in [0.2, 0.25) is 0 Å². The summed E-state index contributed by atoms with van der Waals surface area (Å²) >= 11 is 0. The Kier molecular flexibility index (Phi) is 12.5. The third-order valence-electron chi connectivity index (χ3n) is 7.91. The summed E-state index contributed by atoms with van der Waals surface area (Å²) in [7, 11) is 0. The van der Waals surface area contributed by atoms with E-state index in [9.17, 15) is 18.0 Å². The van der Waals surface area contributed by atoms with E-state index in [0.717, 1.165) is 41.8 Å². The van der Waals surface area contributed by atoms with Gasteiger partial charge in [-0.3, -0.25) is 9.56 Å². The maximum Gasteiger partial charge on any atom is 0.416 e. The van der Waals surface area contributed by atoms with E-state index in [-0.39, 0.29) is 28.0 Å². The zero-order valence-corrected chi connectivity index (χ0v) is 30.1. The van der Waals surface area contributed by atoms with Crippen LogP contribution in [0.1, 0.15) is 96.2 Å². The smallest absolute Gasteiger partial charge is 0.370 e. The van der Waals surface area contributed by atoms with Gasteiger partial charge in [-0.15, -0.1) is 0 Å². The molecule has 4 aromatic rings. The monoisotopic (exact) mass is 682 g/mol. The van der Waals surface area contributed by atoms with Crippen molar-refractivity contribution in [1.82, 2.24) is 19.9 Å². The van der Waals surface area contributed by atoms with Crippen LogP contribution in [-0.2, 0) is 30.0 Å². The van der Waals surface area contributed by atoms with Gasteiger partial charge in [0.1, 0.15) is 5.65 Å². The van der Waals surface area contributed by atoms with E-state index >= 15 is 0 Å². The lowest BCUT2D eigenvalue weighted by Gasteiger charge is -2.23. The van der Waals surface area contributed by atoms with Crippen molar-refractivity contribution in [3.05, 3.63) is 93.2 Å². The van der Waals surface area contributed by atoms with Gasteiger partial charge in [-0.2, -0.15) is 18.2 Å². The molecule has 4 rings (SSSR count). The topological polar surface area (TPSA) is 153 Å². The molecule has 0 aliphatic rings.